The van der Waals surface area contributed by atoms with Gasteiger partial charge in [-0.3, -0.25) is 4.79 Å². The summed E-state index contributed by atoms with van der Waals surface area (Å²) >= 11 is 7.77. The van der Waals surface area contributed by atoms with Crippen LogP contribution in [0.15, 0.2) is 13.6 Å². The maximum absolute atomic E-state index is 11.8. The second kappa shape index (κ2) is 6.48. The fourth-order valence-electron chi connectivity index (χ4n) is 1.12. The van der Waals surface area contributed by atoms with Crippen molar-refractivity contribution in [3.8, 4) is 0 Å². The number of halogens is 2. The zero-order chi connectivity index (χ0) is 13.0. The van der Waals surface area contributed by atoms with Gasteiger partial charge in [0.05, 0.1) is 13.1 Å². The maximum Gasteiger partial charge on any atom is 0.326 e. The third-order valence-corrected chi connectivity index (χ3v) is 4.26. The molecule has 0 spiro atoms. The first-order valence-corrected chi connectivity index (χ1v) is 6.95. The van der Waals surface area contributed by atoms with Crippen molar-refractivity contribution in [2.24, 2.45) is 0 Å². The zero-order valence-electron chi connectivity index (χ0n) is 8.44. The lowest BCUT2D eigenvalue weighted by atomic mass is 10.2. The number of carbonyl (C=O) groups is 2. The highest BCUT2D eigenvalue weighted by Gasteiger charge is 2.22. The minimum absolute atomic E-state index is 0.0238. The zero-order valence-corrected chi connectivity index (χ0v) is 12.4. The molecule has 1 aromatic heterocycles. The Bertz CT molecular complexity index is 435. The van der Waals surface area contributed by atoms with Crippen LogP contribution in [-0.4, -0.2) is 34.7 Å². The smallest absolute Gasteiger partial charge is 0.326 e. The molecule has 0 aromatic carbocycles. The lowest BCUT2D eigenvalue weighted by Crippen LogP contribution is -2.41. The first-order valence-electron chi connectivity index (χ1n) is 4.55. The highest BCUT2D eigenvalue weighted by Crippen LogP contribution is 2.31. The molecule has 0 saturated carbocycles. The van der Waals surface area contributed by atoms with Crippen molar-refractivity contribution < 1.29 is 19.8 Å². The van der Waals surface area contributed by atoms with Crippen molar-refractivity contribution in [2.45, 2.75) is 12.5 Å². The third-order valence-electron chi connectivity index (χ3n) is 1.92. The number of rotatable bonds is 5. The monoisotopic (exact) mass is 385 g/mol. The summed E-state index contributed by atoms with van der Waals surface area (Å²) in [7, 11) is 0. The number of aliphatic hydroxyl groups is 1. The van der Waals surface area contributed by atoms with Gasteiger partial charge < -0.3 is 15.5 Å². The molecule has 1 aromatic rings. The van der Waals surface area contributed by atoms with Gasteiger partial charge in [0, 0.05) is 13.0 Å². The van der Waals surface area contributed by atoms with E-state index >= 15 is 0 Å². The second-order valence-corrected chi connectivity index (χ2v) is 6.86. The van der Waals surface area contributed by atoms with E-state index in [0.717, 1.165) is 3.79 Å². The average molecular weight is 387 g/mol. The lowest BCUT2D eigenvalue weighted by Gasteiger charge is -2.12. The highest BCUT2D eigenvalue weighted by atomic mass is 79.9. The van der Waals surface area contributed by atoms with E-state index < -0.39 is 17.9 Å². The third kappa shape index (κ3) is 4.06. The molecule has 17 heavy (non-hydrogen) atoms. The number of nitrogens with one attached hydrogen (secondary N) is 1. The van der Waals surface area contributed by atoms with Crippen molar-refractivity contribution in [1.29, 1.82) is 0 Å². The van der Waals surface area contributed by atoms with Crippen molar-refractivity contribution >= 4 is 55.1 Å². The van der Waals surface area contributed by atoms with E-state index in [2.05, 4.69) is 37.2 Å². The molecule has 1 heterocycles. The number of carbonyl (C=O) groups excluding carboxylic acids is 1. The van der Waals surface area contributed by atoms with Gasteiger partial charge in [0.1, 0.15) is 6.04 Å². The van der Waals surface area contributed by atoms with Crippen LogP contribution in [0.4, 0.5) is 0 Å². The van der Waals surface area contributed by atoms with Crippen LogP contribution in [0.3, 0.4) is 0 Å². The SMILES string of the molecule is O=C(NC(CCO)C(=O)O)c1cc(Br)sc1Br. The van der Waals surface area contributed by atoms with E-state index in [1.807, 2.05) is 0 Å². The minimum Gasteiger partial charge on any atom is -0.480 e. The van der Waals surface area contributed by atoms with E-state index in [1.165, 1.54) is 11.3 Å². The molecule has 3 N–H and O–H groups in total. The van der Waals surface area contributed by atoms with Gasteiger partial charge in [0.15, 0.2) is 0 Å². The summed E-state index contributed by atoms with van der Waals surface area (Å²) in [6.07, 6.45) is -0.0238. The number of hydrogen-bond acceptors (Lipinski definition) is 4. The fraction of sp³-hybridized carbons (Fsp3) is 0.333. The Hall–Kier alpha value is -0.440. The van der Waals surface area contributed by atoms with Crippen LogP contribution < -0.4 is 5.32 Å². The number of aliphatic carboxylic acids is 1. The van der Waals surface area contributed by atoms with Crippen LogP contribution in [0.5, 0.6) is 0 Å². The van der Waals surface area contributed by atoms with Gasteiger partial charge in [-0.25, -0.2) is 4.79 Å². The van der Waals surface area contributed by atoms with Crippen LogP contribution in [0.2, 0.25) is 0 Å². The predicted octanol–water partition coefficient (Wildman–Crippen LogP) is 1.84. The Morgan fingerprint density at radius 2 is 2.12 bits per heavy atom. The molecule has 8 heteroatoms. The summed E-state index contributed by atoms with van der Waals surface area (Å²) in [5, 5.41) is 19.9. The number of thiophene rings is 1. The summed E-state index contributed by atoms with van der Waals surface area (Å²) < 4.78 is 1.39. The van der Waals surface area contributed by atoms with E-state index in [-0.39, 0.29) is 13.0 Å². The molecule has 94 valence electrons. The molecular weight excluding hydrogens is 378 g/mol. The molecule has 1 amide bonds. The quantitative estimate of drug-likeness (QED) is 0.720. The molecule has 0 aliphatic rings. The number of carboxylic acids is 1. The Morgan fingerprint density at radius 1 is 1.47 bits per heavy atom. The summed E-state index contributed by atoms with van der Waals surface area (Å²) in [6.45, 7) is -0.300. The fourth-order valence-corrected chi connectivity index (χ4v) is 3.91. The molecule has 1 unspecified atom stereocenters. The first-order chi connectivity index (χ1) is 7.95. The predicted molar refractivity (Wildman–Crippen MR) is 70.3 cm³/mol. The molecule has 0 bridgehead atoms. The van der Waals surface area contributed by atoms with Crippen LogP contribution in [-0.2, 0) is 4.79 Å². The molecule has 5 nitrogen and oxygen atoms in total. The maximum atomic E-state index is 11.8. The average Bonchev–Trinajstić information content (AvgIpc) is 2.57. The van der Waals surface area contributed by atoms with Crippen molar-refractivity contribution in [2.75, 3.05) is 6.61 Å². The minimum atomic E-state index is -1.17. The van der Waals surface area contributed by atoms with E-state index in [0.29, 0.717) is 9.35 Å². The molecule has 0 fully saturated rings. The van der Waals surface area contributed by atoms with Gasteiger partial charge in [-0.15, -0.1) is 11.3 Å². The molecular formula is C9H9Br2NO4S. The number of hydrogen-bond donors (Lipinski definition) is 3. The van der Waals surface area contributed by atoms with Gasteiger partial charge >= 0.3 is 5.97 Å². The lowest BCUT2D eigenvalue weighted by molar-refractivity contribution is -0.139. The summed E-state index contributed by atoms with van der Waals surface area (Å²) in [5.74, 6) is -1.66. The van der Waals surface area contributed by atoms with E-state index in [4.69, 9.17) is 10.2 Å². The van der Waals surface area contributed by atoms with E-state index in [9.17, 15) is 9.59 Å². The number of amides is 1. The molecule has 0 radical (unpaired) electrons. The van der Waals surface area contributed by atoms with E-state index in [1.54, 1.807) is 6.07 Å². The standard InChI is InChI=1S/C9H9Br2NO4S/c10-6-3-4(7(11)17-6)8(14)12-5(1-2-13)9(15)16/h3,5,13H,1-2H2,(H,12,14)(H,15,16). The topological polar surface area (TPSA) is 86.6 Å². The van der Waals surface area contributed by atoms with Gasteiger partial charge in [-0.05, 0) is 37.9 Å². The second-order valence-electron chi connectivity index (χ2n) is 3.11. The molecule has 0 aliphatic heterocycles. The summed E-state index contributed by atoms with van der Waals surface area (Å²) in [4.78, 5) is 22.6. The Morgan fingerprint density at radius 3 is 2.53 bits per heavy atom. The van der Waals surface area contributed by atoms with Crippen LogP contribution in [0.1, 0.15) is 16.8 Å². The molecule has 1 atom stereocenters. The molecule has 0 saturated heterocycles. The van der Waals surface area contributed by atoms with Gasteiger partial charge in [-0.2, -0.15) is 0 Å². The van der Waals surface area contributed by atoms with Crippen molar-refractivity contribution in [1.82, 2.24) is 5.32 Å². The number of aliphatic hydroxyl groups excluding tert-OH is 1. The van der Waals surface area contributed by atoms with Crippen molar-refractivity contribution in [3.05, 3.63) is 19.2 Å². The highest BCUT2D eigenvalue weighted by molar-refractivity contribution is 9.12. The Labute approximate surface area is 118 Å². The first kappa shape index (κ1) is 14.6. The van der Waals surface area contributed by atoms with Crippen molar-refractivity contribution in [3.63, 3.8) is 0 Å². The molecule has 0 aliphatic carbocycles. The summed E-state index contributed by atoms with van der Waals surface area (Å²) in [5.41, 5.74) is 0.367. The van der Waals surface area contributed by atoms with Gasteiger partial charge in [0.2, 0.25) is 0 Å². The normalized spacial score (nSPS) is 12.2. The molecule has 1 rings (SSSR count). The van der Waals surface area contributed by atoms with Crippen LogP contribution in [0, 0.1) is 0 Å². The Balaban J connectivity index is 2.77. The Kier molecular flexibility index (Phi) is 5.57. The van der Waals surface area contributed by atoms with Crippen LogP contribution >= 0.6 is 43.2 Å². The van der Waals surface area contributed by atoms with Crippen LogP contribution in [0.25, 0.3) is 0 Å². The number of carboxylic acid groups (broad SMARTS) is 1. The largest absolute Gasteiger partial charge is 0.480 e. The van der Waals surface area contributed by atoms with Gasteiger partial charge in [0.25, 0.3) is 5.91 Å². The van der Waals surface area contributed by atoms with Gasteiger partial charge in [-0.1, -0.05) is 0 Å². The summed E-state index contributed by atoms with van der Waals surface area (Å²) in [6, 6.07) is 0.514.